The summed E-state index contributed by atoms with van der Waals surface area (Å²) in [5, 5.41) is 0. The highest BCUT2D eigenvalue weighted by Gasteiger charge is 2.03. The third-order valence-corrected chi connectivity index (χ3v) is 2.40. The summed E-state index contributed by atoms with van der Waals surface area (Å²) in [6.45, 7) is 3.46. The molecule has 1 aromatic heterocycles. The fraction of sp³-hybridized carbons (Fsp3) is 0.417. The van der Waals surface area contributed by atoms with Gasteiger partial charge in [-0.15, -0.1) is 0 Å². The fourth-order valence-electron chi connectivity index (χ4n) is 1.64. The highest BCUT2D eigenvalue weighted by atomic mass is 19.1. The van der Waals surface area contributed by atoms with E-state index in [1.807, 2.05) is 6.92 Å². The van der Waals surface area contributed by atoms with Crippen LogP contribution in [0.2, 0.25) is 0 Å². The number of aromatic amines is 1. The second-order valence-electron chi connectivity index (χ2n) is 3.65. The van der Waals surface area contributed by atoms with Crippen molar-refractivity contribution in [3.8, 4) is 0 Å². The van der Waals surface area contributed by atoms with Crippen LogP contribution in [0.25, 0.3) is 11.0 Å². The fourth-order valence-corrected chi connectivity index (χ4v) is 1.64. The Kier molecular flexibility index (Phi) is 3.51. The third-order valence-electron chi connectivity index (χ3n) is 2.40. The number of aryl methyl sites for hydroxylation is 1. The Labute approximate surface area is 93.6 Å². The topological polar surface area (TPSA) is 37.9 Å². The molecule has 2 rings (SSSR count). The quantitative estimate of drug-likeness (QED) is 0.790. The Balaban J connectivity index is 2.02. The highest BCUT2D eigenvalue weighted by Crippen LogP contribution is 2.13. The average Bonchev–Trinajstić information content (AvgIpc) is 2.66. The minimum absolute atomic E-state index is 0.239. The molecular formula is C12H15FN2O. The van der Waals surface area contributed by atoms with Crippen LogP contribution in [0.4, 0.5) is 4.39 Å². The molecule has 0 aliphatic carbocycles. The number of fused-ring (bicyclic) bond motifs is 1. The predicted molar refractivity (Wildman–Crippen MR) is 60.9 cm³/mol. The van der Waals surface area contributed by atoms with Crippen molar-refractivity contribution in [2.45, 2.75) is 19.8 Å². The molecule has 0 fully saturated rings. The van der Waals surface area contributed by atoms with Crippen molar-refractivity contribution < 1.29 is 9.13 Å². The van der Waals surface area contributed by atoms with E-state index in [0.717, 1.165) is 42.9 Å². The molecule has 4 heteroatoms. The van der Waals surface area contributed by atoms with Crippen LogP contribution in [-0.2, 0) is 11.2 Å². The normalized spacial score (nSPS) is 11.1. The molecule has 1 N–H and O–H groups in total. The Morgan fingerprint density at radius 3 is 3.12 bits per heavy atom. The van der Waals surface area contributed by atoms with Gasteiger partial charge in [0.25, 0.3) is 0 Å². The zero-order chi connectivity index (χ0) is 11.4. The first-order valence-electron chi connectivity index (χ1n) is 5.51. The van der Waals surface area contributed by atoms with Crippen LogP contribution in [0.5, 0.6) is 0 Å². The largest absolute Gasteiger partial charge is 0.382 e. The molecule has 0 aliphatic rings. The summed E-state index contributed by atoms with van der Waals surface area (Å²) in [5.74, 6) is 0.650. The van der Waals surface area contributed by atoms with Crippen LogP contribution in [0.3, 0.4) is 0 Å². The first kappa shape index (κ1) is 11.1. The molecule has 3 nitrogen and oxygen atoms in total. The van der Waals surface area contributed by atoms with E-state index in [4.69, 9.17) is 4.74 Å². The molecule has 16 heavy (non-hydrogen) atoms. The number of benzene rings is 1. The summed E-state index contributed by atoms with van der Waals surface area (Å²) in [5.41, 5.74) is 1.57. The maximum atomic E-state index is 12.9. The van der Waals surface area contributed by atoms with Gasteiger partial charge in [-0.3, -0.25) is 0 Å². The molecular weight excluding hydrogens is 207 g/mol. The van der Waals surface area contributed by atoms with Gasteiger partial charge in [-0.05, 0) is 31.5 Å². The molecule has 1 heterocycles. The van der Waals surface area contributed by atoms with Crippen molar-refractivity contribution in [3.05, 3.63) is 29.8 Å². The van der Waals surface area contributed by atoms with Crippen molar-refractivity contribution in [2.75, 3.05) is 13.2 Å². The summed E-state index contributed by atoms with van der Waals surface area (Å²) in [4.78, 5) is 7.48. The van der Waals surface area contributed by atoms with Crippen molar-refractivity contribution in [3.63, 3.8) is 0 Å². The monoisotopic (exact) mass is 222 g/mol. The Morgan fingerprint density at radius 1 is 1.44 bits per heavy atom. The predicted octanol–water partition coefficient (Wildman–Crippen LogP) is 2.67. The number of ether oxygens (including phenoxy) is 1. The molecule has 0 bridgehead atoms. The minimum Gasteiger partial charge on any atom is -0.382 e. The minimum atomic E-state index is -0.239. The molecule has 0 atom stereocenters. The molecule has 2 aromatic rings. The lowest BCUT2D eigenvalue weighted by Crippen LogP contribution is -1.96. The number of hydrogen-bond donors (Lipinski definition) is 1. The van der Waals surface area contributed by atoms with Gasteiger partial charge in [0.1, 0.15) is 11.6 Å². The van der Waals surface area contributed by atoms with E-state index in [0.29, 0.717) is 0 Å². The molecule has 0 aliphatic heterocycles. The summed E-state index contributed by atoms with van der Waals surface area (Å²) >= 11 is 0. The van der Waals surface area contributed by atoms with E-state index in [1.54, 1.807) is 6.07 Å². The van der Waals surface area contributed by atoms with Crippen LogP contribution in [0, 0.1) is 5.82 Å². The van der Waals surface area contributed by atoms with Gasteiger partial charge in [0.15, 0.2) is 0 Å². The maximum absolute atomic E-state index is 12.9. The van der Waals surface area contributed by atoms with E-state index in [-0.39, 0.29) is 5.82 Å². The lowest BCUT2D eigenvalue weighted by molar-refractivity contribution is 0.145. The molecule has 0 spiro atoms. The summed E-state index contributed by atoms with van der Waals surface area (Å²) < 4.78 is 18.2. The van der Waals surface area contributed by atoms with Gasteiger partial charge in [0, 0.05) is 19.6 Å². The van der Waals surface area contributed by atoms with E-state index in [1.165, 1.54) is 12.1 Å². The van der Waals surface area contributed by atoms with Crippen molar-refractivity contribution in [1.82, 2.24) is 9.97 Å². The van der Waals surface area contributed by atoms with E-state index in [2.05, 4.69) is 9.97 Å². The van der Waals surface area contributed by atoms with Crippen molar-refractivity contribution >= 4 is 11.0 Å². The zero-order valence-corrected chi connectivity index (χ0v) is 9.29. The van der Waals surface area contributed by atoms with Gasteiger partial charge in [-0.2, -0.15) is 0 Å². The first-order valence-corrected chi connectivity index (χ1v) is 5.51. The number of nitrogens with zero attached hydrogens (tertiary/aromatic N) is 1. The number of imidazole rings is 1. The smallest absolute Gasteiger partial charge is 0.125 e. The number of nitrogens with one attached hydrogen (secondary N) is 1. The van der Waals surface area contributed by atoms with E-state index < -0.39 is 0 Å². The summed E-state index contributed by atoms with van der Waals surface area (Å²) in [6, 6.07) is 4.58. The summed E-state index contributed by atoms with van der Waals surface area (Å²) in [6.07, 6.45) is 1.76. The molecule has 0 unspecified atom stereocenters. The van der Waals surface area contributed by atoms with Crippen LogP contribution < -0.4 is 0 Å². The van der Waals surface area contributed by atoms with Crippen LogP contribution in [0.1, 0.15) is 19.2 Å². The van der Waals surface area contributed by atoms with Gasteiger partial charge in [-0.25, -0.2) is 9.37 Å². The zero-order valence-electron chi connectivity index (χ0n) is 9.29. The Hall–Kier alpha value is -1.42. The Bertz CT molecular complexity index is 467. The molecule has 0 saturated heterocycles. The highest BCUT2D eigenvalue weighted by molar-refractivity contribution is 5.74. The second kappa shape index (κ2) is 5.07. The summed E-state index contributed by atoms with van der Waals surface area (Å²) in [7, 11) is 0. The van der Waals surface area contributed by atoms with Crippen molar-refractivity contribution in [1.29, 1.82) is 0 Å². The maximum Gasteiger partial charge on any atom is 0.125 e. The van der Waals surface area contributed by atoms with Crippen LogP contribution in [0.15, 0.2) is 18.2 Å². The second-order valence-corrected chi connectivity index (χ2v) is 3.65. The number of aromatic nitrogens is 2. The van der Waals surface area contributed by atoms with Crippen molar-refractivity contribution in [2.24, 2.45) is 0 Å². The van der Waals surface area contributed by atoms with Gasteiger partial charge >= 0.3 is 0 Å². The Morgan fingerprint density at radius 2 is 2.31 bits per heavy atom. The third kappa shape index (κ3) is 2.58. The molecule has 86 valence electrons. The number of rotatable bonds is 5. The molecule has 0 amide bonds. The van der Waals surface area contributed by atoms with Gasteiger partial charge in [0.05, 0.1) is 11.0 Å². The lowest BCUT2D eigenvalue weighted by atomic mass is 10.3. The van der Waals surface area contributed by atoms with Gasteiger partial charge < -0.3 is 9.72 Å². The lowest BCUT2D eigenvalue weighted by Gasteiger charge is -1.98. The number of halogens is 1. The first-order chi connectivity index (χ1) is 7.79. The van der Waals surface area contributed by atoms with E-state index >= 15 is 0 Å². The molecule has 0 saturated carbocycles. The number of H-pyrrole nitrogens is 1. The van der Waals surface area contributed by atoms with Gasteiger partial charge in [0.2, 0.25) is 0 Å². The average molecular weight is 222 g/mol. The molecule has 0 radical (unpaired) electrons. The van der Waals surface area contributed by atoms with Gasteiger partial charge in [-0.1, -0.05) is 0 Å². The standard InChI is InChI=1S/C12H15FN2O/c1-2-16-7-3-4-12-14-10-6-5-9(13)8-11(10)15-12/h5-6,8H,2-4,7H2,1H3,(H,14,15). The SMILES string of the molecule is CCOCCCc1nc2ccc(F)cc2[nH]1. The number of hydrogen-bond acceptors (Lipinski definition) is 2. The molecule has 1 aromatic carbocycles. The van der Waals surface area contributed by atoms with Crippen LogP contribution >= 0.6 is 0 Å². The van der Waals surface area contributed by atoms with E-state index in [9.17, 15) is 4.39 Å². The van der Waals surface area contributed by atoms with Crippen LogP contribution in [-0.4, -0.2) is 23.2 Å².